The summed E-state index contributed by atoms with van der Waals surface area (Å²) in [6.45, 7) is 8.57. The molecule has 1 heterocycles. The Balaban J connectivity index is 1.92. The van der Waals surface area contributed by atoms with Gasteiger partial charge in [0.05, 0.1) is 17.2 Å². The highest BCUT2D eigenvalue weighted by Crippen LogP contribution is 2.27. The first kappa shape index (κ1) is 18.9. The van der Waals surface area contributed by atoms with Crippen LogP contribution in [0.1, 0.15) is 54.8 Å². The van der Waals surface area contributed by atoms with E-state index in [1.54, 1.807) is 32.0 Å². The average molecular weight is 347 g/mol. The third-order valence-corrected chi connectivity index (χ3v) is 3.75. The molecule has 2 N–H and O–H groups in total. The minimum absolute atomic E-state index is 0.172. The van der Waals surface area contributed by atoms with E-state index in [-0.39, 0.29) is 30.0 Å². The Kier molecular flexibility index (Phi) is 6.14. The molecule has 0 radical (unpaired) electrons. The van der Waals surface area contributed by atoms with Gasteiger partial charge in [0.2, 0.25) is 0 Å². The highest BCUT2D eigenvalue weighted by Gasteiger charge is 2.37. The molecule has 1 aromatic rings. The molecule has 0 unspecified atom stereocenters. The largest absolute Gasteiger partial charge is 0.379 e. The van der Waals surface area contributed by atoms with Crippen LogP contribution in [-0.4, -0.2) is 48.0 Å². The van der Waals surface area contributed by atoms with E-state index in [0.717, 1.165) is 0 Å². The Morgan fingerprint density at radius 1 is 1.12 bits per heavy atom. The number of fused-ring (bicyclic) bond motifs is 1. The lowest BCUT2D eigenvalue weighted by molar-refractivity contribution is 0.0608. The molecule has 2 rings (SSSR count). The van der Waals surface area contributed by atoms with Crippen LogP contribution in [0.15, 0.2) is 18.2 Å². The zero-order valence-electron chi connectivity index (χ0n) is 15.1. The molecule has 7 heteroatoms. The average Bonchev–Trinajstić information content (AvgIpc) is 2.77. The number of amides is 4. The standard InChI is InChI=1S/C18H25N3O4/c1-11(2)21-16(22)14-7-6-13(10-15(14)17(21)23)20-18(24)19-8-5-9-25-12(3)4/h6-7,10-12H,5,8-9H2,1-4H3,(H2,19,20,24). The minimum atomic E-state index is -0.359. The molecule has 136 valence electrons. The van der Waals surface area contributed by atoms with Gasteiger partial charge in [0, 0.05) is 24.9 Å². The molecule has 7 nitrogen and oxygen atoms in total. The minimum Gasteiger partial charge on any atom is -0.379 e. The Bertz CT molecular complexity index is 670. The van der Waals surface area contributed by atoms with Gasteiger partial charge in [-0.3, -0.25) is 14.5 Å². The van der Waals surface area contributed by atoms with Crippen LogP contribution in [0, 0.1) is 0 Å². The van der Waals surface area contributed by atoms with E-state index in [0.29, 0.717) is 36.4 Å². The number of anilines is 1. The van der Waals surface area contributed by atoms with Crippen LogP contribution in [0.4, 0.5) is 10.5 Å². The number of rotatable bonds is 7. The normalized spacial score (nSPS) is 13.6. The Hall–Kier alpha value is -2.41. The van der Waals surface area contributed by atoms with Crippen molar-refractivity contribution >= 4 is 23.5 Å². The van der Waals surface area contributed by atoms with Crippen molar-refractivity contribution < 1.29 is 19.1 Å². The van der Waals surface area contributed by atoms with Crippen LogP contribution >= 0.6 is 0 Å². The van der Waals surface area contributed by atoms with Crippen molar-refractivity contribution in [2.45, 2.75) is 46.3 Å². The maximum absolute atomic E-state index is 12.3. The monoisotopic (exact) mass is 347 g/mol. The van der Waals surface area contributed by atoms with Gasteiger partial charge in [-0.05, 0) is 52.3 Å². The van der Waals surface area contributed by atoms with Crippen LogP contribution in [-0.2, 0) is 4.74 Å². The summed E-state index contributed by atoms with van der Waals surface area (Å²) in [5, 5.41) is 5.41. The number of carbonyl (C=O) groups excluding carboxylic acids is 3. The fourth-order valence-corrected chi connectivity index (χ4v) is 2.57. The fraction of sp³-hybridized carbons (Fsp3) is 0.500. The molecule has 0 fully saturated rings. The van der Waals surface area contributed by atoms with Crippen LogP contribution < -0.4 is 10.6 Å². The molecule has 0 spiro atoms. The molecule has 0 atom stereocenters. The number of hydrogen-bond donors (Lipinski definition) is 2. The summed E-state index contributed by atoms with van der Waals surface area (Å²) in [4.78, 5) is 37.7. The zero-order valence-corrected chi connectivity index (χ0v) is 15.1. The maximum Gasteiger partial charge on any atom is 0.319 e. The summed E-state index contributed by atoms with van der Waals surface area (Å²) in [5.41, 5.74) is 1.17. The van der Waals surface area contributed by atoms with Crippen molar-refractivity contribution in [2.24, 2.45) is 0 Å². The van der Waals surface area contributed by atoms with Gasteiger partial charge >= 0.3 is 6.03 Å². The predicted octanol–water partition coefficient (Wildman–Crippen LogP) is 2.63. The van der Waals surface area contributed by atoms with Crippen LogP contribution in [0.25, 0.3) is 0 Å². The smallest absolute Gasteiger partial charge is 0.319 e. The predicted molar refractivity (Wildman–Crippen MR) is 94.8 cm³/mol. The lowest BCUT2D eigenvalue weighted by Crippen LogP contribution is -2.35. The quantitative estimate of drug-likeness (QED) is 0.586. The highest BCUT2D eigenvalue weighted by molar-refractivity contribution is 6.22. The molecule has 0 saturated carbocycles. The number of carbonyl (C=O) groups is 3. The number of imide groups is 1. The summed E-state index contributed by atoms with van der Waals surface area (Å²) in [6.07, 6.45) is 0.887. The number of benzene rings is 1. The van der Waals surface area contributed by atoms with E-state index in [1.807, 2.05) is 13.8 Å². The third kappa shape index (κ3) is 4.57. The molecule has 1 aliphatic rings. The van der Waals surface area contributed by atoms with Crippen molar-refractivity contribution in [1.29, 1.82) is 0 Å². The van der Waals surface area contributed by atoms with Crippen molar-refractivity contribution in [3.05, 3.63) is 29.3 Å². The first-order chi connectivity index (χ1) is 11.8. The Morgan fingerprint density at radius 3 is 2.44 bits per heavy atom. The van der Waals surface area contributed by atoms with Gasteiger partial charge in [0.1, 0.15) is 0 Å². The lowest BCUT2D eigenvalue weighted by atomic mass is 10.1. The number of hydrogen-bond acceptors (Lipinski definition) is 4. The summed E-state index contributed by atoms with van der Waals surface area (Å²) in [6, 6.07) is 4.17. The molecule has 0 bridgehead atoms. The van der Waals surface area contributed by atoms with E-state index >= 15 is 0 Å². The summed E-state index contributed by atoms with van der Waals surface area (Å²) < 4.78 is 5.40. The number of ether oxygens (including phenoxy) is 1. The van der Waals surface area contributed by atoms with Gasteiger partial charge in [0.25, 0.3) is 11.8 Å². The third-order valence-electron chi connectivity index (χ3n) is 3.75. The van der Waals surface area contributed by atoms with Crippen LogP contribution in [0.2, 0.25) is 0 Å². The summed E-state index contributed by atoms with van der Waals surface area (Å²) in [7, 11) is 0. The molecule has 4 amide bonds. The SMILES string of the molecule is CC(C)OCCCNC(=O)Nc1ccc2c(c1)C(=O)N(C(C)C)C2=O. The topological polar surface area (TPSA) is 87.7 Å². The summed E-state index contributed by atoms with van der Waals surface area (Å²) in [5.74, 6) is -0.624. The van der Waals surface area contributed by atoms with E-state index in [2.05, 4.69) is 10.6 Å². The Morgan fingerprint density at radius 2 is 1.80 bits per heavy atom. The Labute approximate surface area is 147 Å². The zero-order chi connectivity index (χ0) is 18.6. The van der Waals surface area contributed by atoms with Gasteiger partial charge in [-0.2, -0.15) is 0 Å². The van der Waals surface area contributed by atoms with Crippen LogP contribution in [0.5, 0.6) is 0 Å². The molecular weight excluding hydrogens is 322 g/mol. The van der Waals surface area contributed by atoms with E-state index < -0.39 is 0 Å². The van der Waals surface area contributed by atoms with E-state index in [4.69, 9.17) is 4.74 Å². The van der Waals surface area contributed by atoms with Gasteiger partial charge in [-0.1, -0.05) is 0 Å². The maximum atomic E-state index is 12.3. The van der Waals surface area contributed by atoms with E-state index in [9.17, 15) is 14.4 Å². The highest BCUT2D eigenvalue weighted by atomic mass is 16.5. The molecular formula is C18H25N3O4. The number of nitrogens with one attached hydrogen (secondary N) is 2. The van der Waals surface area contributed by atoms with Gasteiger partial charge in [0.15, 0.2) is 0 Å². The van der Waals surface area contributed by atoms with Gasteiger partial charge in [-0.25, -0.2) is 4.79 Å². The summed E-state index contributed by atoms with van der Waals surface area (Å²) >= 11 is 0. The molecule has 1 aliphatic heterocycles. The second-order valence-corrected chi connectivity index (χ2v) is 6.49. The van der Waals surface area contributed by atoms with Gasteiger partial charge < -0.3 is 15.4 Å². The van der Waals surface area contributed by atoms with Crippen molar-refractivity contribution in [2.75, 3.05) is 18.5 Å². The van der Waals surface area contributed by atoms with Crippen LogP contribution in [0.3, 0.4) is 0 Å². The van der Waals surface area contributed by atoms with Crippen molar-refractivity contribution in [3.63, 3.8) is 0 Å². The second kappa shape index (κ2) is 8.11. The second-order valence-electron chi connectivity index (χ2n) is 6.49. The van der Waals surface area contributed by atoms with Crippen molar-refractivity contribution in [1.82, 2.24) is 10.2 Å². The molecule has 0 aliphatic carbocycles. The first-order valence-electron chi connectivity index (χ1n) is 8.49. The van der Waals surface area contributed by atoms with Crippen molar-refractivity contribution in [3.8, 4) is 0 Å². The lowest BCUT2D eigenvalue weighted by Gasteiger charge is -2.17. The van der Waals surface area contributed by atoms with Gasteiger partial charge in [-0.15, -0.1) is 0 Å². The number of nitrogens with zero attached hydrogens (tertiary/aromatic N) is 1. The molecule has 0 aromatic heterocycles. The molecule has 25 heavy (non-hydrogen) atoms. The van der Waals surface area contributed by atoms with E-state index in [1.165, 1.54) is 4.90 Å². The first-order valence-corrected chi connectivity index (χ1v) is 8.49. The number of urea groups is 1. The fourth-order valence-electron chi connectivity index (χ4n) is 2.57. The molecule has 1 aromatic carbocycles. The molecule has 0 saturated heterocycles.